The lowest BCUT2D eigenvalue weighted by atomic mass is 9.91. The van der Waals surface area contributed by atoms with Gasteiger partial charge in [-0.2, -0.15) is 0 Å². The molecule has 0 unspecified atom stereocenters. The summed E-state index contributed by atoms with van der Waals surface area (Å²) >= 11 is 1.63. The van der Waals surface area contributed by atoms with E-state index >= 15 is 0 Å². The smallest absolute Gasteiger partial charge is 0.175 e. The van der Waals surface area contributed by atoms with Gasteiger partial charge in [-0.25, -0.2) is 0 Å². The maximum atomic E-state index is 12.0. The van der Waals surface area contributed by atoms with E-state index in [1.165, 1.54) is 0 Å². The molecular weight excluding hydrogens is 320 g/mol. The van der Waals surface area contributed by atoms with Crippen LogP contribution in [0.2, 0.25) is 0 Å². The van der Waals surface area contributed by atoms with Crippen LogP contribution in [0.1, 0.15) is 31.9 Å². The molecule has 0 spiro atoms. The minimum absolute atomic E-state index is 0.0833. The van der Waals surface area contributed by atoms with Crippen molar-refractivity contribution in [2.75, 3.05) is 6.61 Å². The summed E-state index contributed by atoms with van der Waals surface area (Å²) < 4.78 is 5.67. The van der Waals surface area contributed by atoms with Gasteiger partial charge >= 0.3 is 0 Å². The van der Waals surface area contributed by atoms with E-state index < -0.39 is 0 Å². The summed E-state index contributed by atoms with van der Waals surface area (Å²) in [5.74, 6) is 1.13. The molecule has 2 aromatic rings. The zero-order valence-corrected chi connectivity index (χ0v) is 15.7. The van der Waals surface area contributed by atoms with Crippen molar-refractivity contribution in [3.63, 3.8) is 0 Å². The van der Waals surface area contributed by atoms with Gasteiger partial charge in [-0.15, -0.1) is 0 Å². The van der Waals surface area contributed by atoms with Crippen molar-refractivity contribution in [1.82, 2.24) is 0 Å². The average Bonchev–Trinajstić information content (AvgIpc) is 2.49. The molecule has 0 aliphatic heterocycles. The third-order valence-corrected chi connectivity index (χ3v) is 4.72. The Labute approximate surface area is 148 Å². The van der Waals surface area contributed by atoms with Crippen molar-refractivity contribution in [3.8, 4) is 11.5 Å². The van der Waals surface area contributed by atoms with E-state index in [4.69, 9.17) is 4.74 Å². The van der Waals surface area contributed by atoms with Crippen LogP contribution in [0.25, 0.3) is 0 Å². The van der Waals surface area contributed by atoms with Crippen LogP contribution in [-0.4, -0.2) is 17.5 Å². The lowest BCUT2D eigenvalue weighted by molar-refractivity contribution is -0.128. The Kier molecular flexibility index (Phi) is 5.60. The van der Waals surface area contributed by atoms with Crippen molar-refractivity contribution in [3.05, 3.63) is 47.5 Å². The van der Waals surface area contributed by atoms with Gasteiger partial charge in [0, 0.05) is 15.2 Å². The first-order chi connectivity index (χ1) is 11.2. The summed E-state index contributed by atoms with van der Waals surface area (Å²) in [6.45, 7) is 9.63. The molecule has 0 amide bonds. The molecule has 4 heteroatoms. The average molecular weight is 344 g/mol. The fraction of sp³-hybridized carbons (Fsp3) is 0.350. The molecule has 0 bridgehead atoms. The summed E-state index contributed by atoms with van der Waals surface area (Å²) in [6, 6.07) is 11.5. The largest absolute Gasteiger partial charge is 0.508 e. The van der Waals surface area contributed by atoms with Crippen LogP contribution >= 0.6 is 11.8 Å². The highest BCUT2D eigenvalue weighted by atomic mass is 32.2. The molecule has 2 aromatic carbocycles. The van der Waals surface area contributed by atoms with Crippen LogP contribution in [-0.2, 0) is 4.79 Å². The molecule has 0 radical (unpaired) electrons. The number of phenolic OH excluding ortho intramolecular Hbond substituents is 1. The second-order valence-corrected chi connectivity index (χ2v) is 8.09. The minimum atomic E-state index is -0.388. The van der Waals surface area contributed by atoms with Gasteiger partial charge in [-0.3, -0.25) is 4.79 Å². The first-order valence-corrected chi connectivity index (χ1v) is 8.72. The third-order valence-electron chi connectivity index (χ3n) is 3.75. The fourth-order valence-corrected chi connectivity index (χ4v) is 3.05. The van der Waals surface area contributed by atoms with E-state index in [0.29, 0.717) is 5.75 Å². The number of ether oxygens (including phenoxy) is 1. The Hall–Kier alpha value is -1.94. The number of hydrogen-bond acceptors (Lipinski definition) is 4. The molecule has 24 heavy (non-hydrogen) atoms. The van der Waals surface area contributed by atoms with Crippen molar-refractivity contribution in [1.29, 1.82) is 0 Å². The number of benzene rings is 2. The van der Waals surface area contributed by atoms with Gasteiger partial charge in [0.05, 0.1) is 0 Å². The van der Waals surface area contributed by atoms with E-state index in [0.717, 1.165) is 26.7 Å². The highest BCUT2D eigenvalue weighted by molar-refractivity contribution is 7.99. The van der Waals surface area contributed by atoms with Crippen molar-refractivity contribution in [2.24, 2.45) is 5.41 Å². The quantitative estimate of drug-likeness (QED) is 0.814. The Morgan fingerprint density at radius 2 is 1.62 bits per heavy atom. The van der Waals surface area contributed by atoms with E-state index in [1.807, 2.05) is 65.0 Å². The zero-order valence-electron chi connectivity index (χ0n) is 14.8. The van der Waals surface area contributed by atoms with Crippen LogP contribution < -0.4 is 4.74 Å². The molecule has 0 aliphatic carbocycles. The molecule has 0 aliphatic rings. The summed E-state index contributed by atoms with van der Waals surface area (Å²) in [4.78, 5) is 14.1. The maximum absolute atomic E-state index is 12.0. The Morgan fingerprint density at radius 1 is 1.04 bits per heavy atom. The second-order valence-electron chi connectivity index (χ2n) is 6.94. The monoisotopic (exact) mass is 344 g/mol. The predicted molar refractivity (Wildman–Crippen MR) is 98.1 cm³/mol. The number of carbonyl (C=O) groups is 1. The highest BCUT2D eigenvalue weighted by Crippen LogP contribution is 2.33. The summed E-state index contributed by atoms with van der Waals surface area (Å²) in [5.41, 5.74) is 1.47. The number of ketones is 1. The van der Waals surface area contributed by atoms with Gasteiger partial charge < -0.3 is 9.84 Å². The Morgan fingerprint density at radius 3 is 2.17 bits per heavy atom. The lowest BCUT2D eigenvalue weighted by Gasteiger charge is -2.17. The lowest BCUT2D eigenvalue weighted by Crippen LogP contribution is -2.26. The maximum Gasteiger partial charge on any atom is 0.175 e. The summed E-state index contributed by atoms with van der Waals surface area (Å²) in [7, 11) is 0. The van der Waals surface area contributed by atoms with Crippen LogP contribution in [0, 0.1) is 19.3 Å². The van der Waals surface area contributed by atoms with Gasteiger partial charge in [0.15, 0.2) is 5.78 Å². The first-order valence-electron chi connectivity index (χ1n) is 7.91. The molecule has 128 valence electrons. The SMILES string of the molecule is Cc1cc(Sc2ccc(OCC(=O)C(C)(C)C)c(C)c2)ccc1O. The Balaban J connectivity index is 2.06. The standard InChI is InChI=1S/C20H24O3S/c1-13-10-15(6-8-17(13)21)24-16-7-9-18(14(2)11-16)23-12-19(22)20(3,4)5/h6-11,21H,12H2,1-5H3. The number of phenols is 1. The summed E-state index contributed by atoms with van der Waals surface area (Å²) in [5, 5.41) is 9.60. The van der Waals surface area contributed by atoms with Gasteiger partial charge in [0.1, 0.15) is 18.1 Å². The van der Waals surface area contributed by atoms with E-state index in [-0.39, 0.29) is 17.8 Å². The second kappa shape index (κ2) is 7.31. The molecule has 0 saturated carbocycles. The van der Waals surface area contributed by atoms with E-state index in [9.17, 15) is 9.90 Å². The normalized spacial score (nSPS) is 11.4. The molecule has 0 saturated heterocycles. The van der Waals surface area contributed by atoms with Gasteiger partial charge in [0.2, 0.25) is 0 Å². The molecule has 0 atom stereocenters. The minimum Gasteiger partial charge on any atom is -0.508 e. The van der Waals surface area contributed by atoms with Crippen LogP contribution in [0.3, 0.4) is 0 Å². The van der Waals surface area contributed by atoms with Crippen molar-refractivity contribution in [2.45, 2.75) is 44.4 Å². The van der Waals surface area contributed by atoms with E-state index in [2.05, 4.69) is 0 Å². The predicted octanol–water partition coefficient (Wildman–Crippen LogP) is 5.15. The van der Waals surface area contributed by atoms with Gasteiger partial charge in [-0.05, 0) is 61.4 Å². The van der Waals surface area contributed by atoms with E-state index in [1.54, 1.807) is 17.8 Å². The number of aryl methyl sites for hydroxylation is 2. The summed E-state index contributed by atoms with van der Waals surface area (Å²) in [6.07, 6.45) is 0. The molecule has 3 nitrogen and oxygen atoms in total. The van der Waals surface area contributed by atoms with Crippen LogP contribution in [0.15, 0.2) is 46.2 Å². The molecule has 0 fully saturated rings. The molecule has 0 heterocycles. The van der Waals surface area contributed by atoms with Crippen LogP contribution in [0.5, 0.6) is 11.5 Å². The first kappa shape index (κ1) is 18.4. The molecule has 0 aromatic heterocycles. The number of hydrogen-bond donors (Lipinski definition) is 1. The number of carbonyl (C=O) groups excluding carboxylic acids is 1. The topological polar surface area (TPSA) is 46.5 Å². The molecule has 1 N–H and O–H groups in total. The highest BCUT2D eigenvalue weighted by Gasteiger charge is 2.21. The Bertz CT molecular complexity index is 745. The number of aromatic hydroxyl groups is 1. The van der Waals surface area contributed by atoms with Crippen LogP contribution in [0.4, 0.5) is 0 Å². The number of rotatable bonds is 5. The fourth-order valence-electron chi connectivity index (χ4n) is 2.03. The van der Waals surface area contributed by atoms with Crippen molar-refractivity contribution >= 4 is 17.5 Å². The number of Topliss-reactive ketones (excluding diaryl/α,β-unsaturated/α-hetero) is 1. The molecular formula is C20H24O3S. The zero-order chi connectivity index (χ0) is 17.9. The van der Waals surface area contributed by atoms with Crippen molar-refractivity contribution < 1.29 is 14.6 Å². The third kappa shape index (κ3) is 4.78. The van der Waals surface area contributed by atoms with Gasteiger partial charge in [0.25, 0.3) is 0 Å². The van der Waals surface area contributed by atoms with Gasteiger partial charge in [-0.1, -0.05) is 32.5 Å². The molecule has 2 rings (SSSR count).